The number of aromatic carboxylic acids is 1. The molecule has 0 bridgehead atoms. The van der Waals surface area contributed by atoms with Crippen LogP contribution in [0.5, 0.6) is 0 Å². The monoisotopic (exact) mass is 521 g/mol. The van der Waals surface area contributed by atoms with E-state index in [1.165, 1.54) is 21.1 Å². The zero-order valence-electron chi connectivity index (χ0n) is 21.1. The first kappa shape index (κ1) is 26.3. The Balaban J connectivity index is 1.71. The number of carbonyl (C=O) groups excluding carboxylic acids is 2. The number of hydrogen-bond acceptors (Lipinski definition) is 6. The molecule has 2 aromatic heterocycles. The molecule has 194 valence electrons. The molecule has 0 spiro atoms. The van der Waals surface area contributed by atoms with Crippen LogP contribution >= 0.6 is 11.3 Å². The van der Waals surface area contributed by atoms with Gasteiger partial charge in [0.15, 0.2) is 0 Å². The fourth-order valence-electron chi connectivity index (χ4n) is 4.21. The van der Waals surface area contributed by atoms with Gasteiger partial charge in [0.1, 0.15) is 11.5 Å². The van der Waals surface area contributed by atoms with Gasteiger partial charge < -0.3 is 9.67 Å². The Morgan fingerprint density at radius 2 is 1.78 bits per heavy atom. The Labute approximate surface area is 220 Å². The second kappa shape index (κ2) is 12.0. The van der Waals surface area contributed by atoms with Gasteiger partial charge in [-0.2, -0.15) is 0 Å². The van der Waals surface area contributed by atoms with Crippen LogP contribution in [-0.2, 0) is 24.3 Å². The molecule has 9 nitrogen and oxygen atoms in total. The molecular formula is C27H31N5O4S. The smallest absolute Gasteiger partial charge is 0.335 e. The van der Waals surface area contributed by atoms with Crippen LogP contribution in [-0.4, -0.2) is 53.9 Å². The van der Waals surface area contributed by atoms with Crippen LogP contribution in [0.15, 0.2) is 47.0 Å². The molecule has 3 heterocycles. The van der Waals surface area contributed by atoms with Gasteiger partial charge in [0, 0.05) is 24.9 Å². The Hall–Kier alpha value is -3.79. The van der Waals surface area contributed by atoms with Crippen LogP contribution in [0.25, 0.3) is 6.08 Å². The molecule has 0 unspecified atom stereocenters. The number of carbonyl (C=O) groups is 3. The molecule has 1 N–H and O–H groups in total. The molecule has 3 aromatic rings. The number of nitrogens with zero attached hydrogens (tertiary/aromatic N) is 5. The molecule has 0 aliphatic carbocycles. The summed E-state index contributed by atoms with van der Waals surface area (Å²) in [5, 5.41) is 11.1. The van der Waals surface area contributed by atoms with E-state index in [0.29, 0.717) is 24.5 Å². The number of urea groups is 1. The molecule has 4 rings (SSSR count). The highest BCUT2D eigenvalue weighted by Crippen LogP contribution is 2.27. The van der Waals surface area contributed by atoms with Crippen LogP contribution < -0.4 is 0 Å². The number of imide groups is 1. The van der Waals surface area contributed by atoms with Gasteiger partial charge in [0.2, 0.25) is 0 Å². The van der Waals surface area contributed by atoms with Crippen LogP contribution in [0.3, 0.4) is 0 Å². The Morgan fingerprint density at radius 1 is 1.03 bits per heavy atom. The van der Waals surface area contributed by atoms with E-state index in [-0.39, 0.29) is 24.0 Å². The average molecular weight is 522 g/mol. The number of carboxylic acid groups (broad SMARTS) is 1. The molecule has 0 atom stereocenters. The SMILES string of the molecule is CCCCc1ncc(C=C2C(=O)N(CCCC)C(=O)N2Cc2cscn2)n1Cc1ccc(C(=O)O)cc1. The molecule has 3 amide bonds. The Morgan fingerprint density at radius 3 is 2.43 bits per heavy atom. The van der Waals surface area contributed by atoms with E-state index < -0.39 is 5.97 Å². The van der Waals surface area contributed by atoms with Crippen LogP contribution in [0.1, 0.15) is 72.7 Å². The van der Waals surface area contributed by atoms with Crippen molar-refractivity contribution in [2.24, 2.45) is 0 Å². The van der Waals surface area contributed by atoms with E-state index >= 15 is 0 Å². The van der Waals surface area contributed by atoms with Gasteiger partial charge in [-0.3, -0.25) is 14.6 Å². The number of benzene rings is 1. The van der Waals surface area contributed by atoms with Crippen molar-refractivity contribution in [2.45, 2.75) is 59.0 Å². The summed E-state index contributed by atoms with van der Waals surface area (Å²) in [5.74, 6) is -0.412. The maximum absolute atomic E-state index is 13.4. The Bertz CT molecular complexity index is 1280. The zero-order chi connectivity index (χ0) is 26.4. The quantitative estimate of drug-likeness (QED) is 0.264. The fraction of sp³-hybridized carbons (Fsp3) is 0.370. The standard InChI is InChI=1S/C27H31N5O4S/c1-3-5-7-24-28-14-22(31(24)15-19-8-10-20(11-9-19)26(34)35)13-23-25(33)30(12-6-4-2)27(36)32(23)16-21-17-37-18-29-21/h8-11,13-14,17-18H,3-7,12,15-16H2,1-2H3,(H,34,35). The van der Waals surface area contributed by atoms with Crippen molar-refractivity contribution in [3.8, 4) is 0 Å². The number of aromatic nitrogens is 3. The lowest BCUT2D eigenvalue weighted by molar-refractivity contribution is -0.123. The van der Waals surface area contributed by atoms with Gasteiger partial charge in [-0.25, -0.2) is 19.6 Å². The minimum absolute atomic E-state index is 0.218. The molecule has 1 aliphatic heterocycles. The van der Waals surface area contributed by atoms with Crippen LogP contribution in [0, 0.1) is 0 Å². The molecule has 0 radical (unpaired) electrons. The molecule has 10 heteroatoms. The van der Waals surface area contributed by atoms with Crippen molar-refractivity contribution in [1.29, 1.82) is 0 Å². The summed E-state index contributed by atoms with van der Waals surface area (Å²) in [7, 11) is 0. The van der Waals surface area contributed by atoms with E-state index in [9.17, 15) is 19.5 Å². The van der Waals surface area contributed by atoms with Gasteiger partial charge in [-0.05, 0) is 36.6 Å². The molecule has 1 aliphatic rings. The van der Waals surface area contributed by atoms with E-state index in [1.54, 1.807) is 42.0 Å². The largest absolute Gasteiger partial charge is 0.478 e. The van der Waals surface area contributed by atoms with E-state index in [4.69, 9.17) is 0 Å². The van der Waals surface area contributed by atoms with Crippen LogP contribution in [0.2, 0.25) is 0 Å². The van der Waals surface area contributed by atoms with Crippen molar-refractivity contribution in [3.63, 3.8) is 0 Å². The summed E-state index contributed by atoms with van der Waals surface area (Å²) in [6.07, 6.45) is 7.83. The number of thiazole rings is 1. The maximum Gasteiger partial charge on any atom is 0.335 e. The summed E-state index contributed by atoms with van der Waals surface area (Å²) in [6.45, 7) is 5.19. The van der Waals surface area contributed by atoms with E-state index in [2.05, 4.69) is 16.9 Å². The third kappa shape index (κ3) is 5.96. The number of imidazole rings is 1. The van der Waals surface area contributed by atoms with Crippen LogP contribution in [0.4, 0.5) is 4.79 Å². The van der Waals surface area contributed by atoms with Crippen molar-refractivity contribution in [1.82, 2.24) is 24.3 Å². The van der Waals surface area contributed by atoms with E-state index in [1.807, 2.05) is 16.9 Å². The van der Waals surface area contributed by atoms with E-state index in [0.717, 1.165) is 49.2 Å². The lowest BCUT2D eigenvalue weighted by Gasteiger charge is -2.16. The highest BCUT2D eigenvalue weighted by atomic mass is 32.1. The second-order valence-electron chi connectivity index (χ2n) is 8.98. The number of aryl methyl sites for hydroxylation is 1. The number of hydrogen-bond donors (Lipinski definition) is 1. The summed E-state index contributed by atoms with van der Waals surface area (Å²) in [4.78, 5) is 49.7. The molecule has 1 aromatic carbocycles. The fourth-order valence-corrected chi connectivity index (χ4v) is 4.76. The summed E-state index contributed by atoms with van der Waals surface area (Å²) >= 11 is 1.44. The van der Waals surface area contributed by atoms with Gasteiger partial charge in [0.05, 0.1) is 35.2 Å². The molecular weight excluding hydrogens is 490 g/mol. The predicted octanol–water partition coefficient (Wildman–Crippen LogP) is 5.03. The summed E-state index contributed by atoms with van der Waals surface area (Å²) < 4.78 is 2.03. The molecule has 0 saturated carbocycles. The number of amides is 3. The van der Waals surface area contributed by atoms with Crippen molar-refractivity contribution >= 4 is 35.3 Å². The lowest BCUT2D eigenvalue weighted by atomic mass is 10.1. The zero-order valence-corrected chi connectivity index (χ0v) is 21.9. The average Bonchev–Trinajstić information content (AvgIpc) is 3.59. The van der Waals surface area contributed by atoms with Gasteiger partial charge in [-0.1, -0.05) is 38.8 Å². The third-order valence-electron chi connectivity index (χ3n) is 6.30. The molecule has 1 saturated heterocycles. The van der Waals surface area contributed by atoms with Gasteiger partial charge in [-0.15, -0.1) is 11.3 Å². The normalized spacial score (nSPS) is 14.8. The van der Waals surface area contributed by atoms with Gasteiger partial charge in [0.25, 0.3) is 5.91 Å². The minimum Gasteiger partial charge on any atom is -0.478 e. The number of unbranched alkanes of at least 4 members (excludes halogenated alkanes) is 2. The third-order valence-corrected chi connectivity index (χ3v) is 6.94. The highest BCUT2D eigenvalue weighted by molar-refractivity contribution is 7.07. The van der Waals surface area contributed by atoms with Gasteiger partial charge >= 0.3 is 12.0 Å². The molecule has 37 heavy (non-hydrogen) atoms. The predicted molar refractivity (Wildman–Crippen MR) is 141 cm³/mol. The van der Waals surface area contributed by atoms with Crippen molar-refractivity contribution in [2.75, 3.05) is 6.54 Å². The Kier molecular flexibility index (Phi) is 8.50. The van der Waals surface area contributed by atoms with Crippen molar-refractivity contribution < 1.29 is 19.5 Å². The maximum atomic E-state index is 13.4. The summed E-state index contributed by atoms with van der Waals surface area (Å²) in [6, 6.07) is 6.40. The first-order valence-electron chi connectivity index (χ1n) is 12.5. The minimum atomic E-state index is -0.972. The molecule has 1 fully saturated rings. The number of rotatable bonds is 12. The first-order valence-corrected chi connectivity index (χ1v) is 13.5. The summed E-state index contributed by atoms with van der Waals surface area (Å²) in [5.41, 5.74) is 4.59. The first-order chi connectivity index (χ1) is 17.9. The number of carboxylic acids is 1. The topological polar surface area (TPSA) is 109 Å². The van der Waals surface area contributed by atoms with Crippen molar-refractivity contribution in [3.05, 3.63) is 75.4 Å². The lowest BCUT2D eigenvalue weighted by Crippen LogP contribution is -2.33. The second-order valence-corrected chi connectivity index (χ2v) is 9.70. The highest BCUT2D eigenvalue weighted by Gasteiger charge is 2.41.